The highest BCUT2D eigenvalue weighted by molar-refractivity contribution is 7.73. The van der Waals surface area contributed by atoms with E-state index in [2.05, 4.69) is 10.4 Å². The van der Waals surface area contributed by atoms with Gasteiger partial charge in [0.05, 0.1) is 23.2 Å². The number of para-hydroxylation sites is 1. The Bertz CT molecular complexity index is 1240. The number of thiazole rings is 1. The molecule has 0 saturated heterocycles. The molecular weight excluding hydrogens is 410 g/mol. The SMILES string of the molecule is COc1ccc2c(c1)/C(=C\c1sc(=S)n(NC(=O)c3ccccc3O)c1O)C=N2. The monoisotopic (exact) mass is 425 g/mol. The normalized spacial score (nSPS) is 13.5. The van der Waals surface area contributed by atoms with Crippen molar-refractivity contribution in [2.24, 2.45) is 4.99 Å². The first-order valence-electron chi connectivity index (χ1n) is 8.46. The molecule has 1 aliphatic heterocycles. The van der Waals surface area contributed by atoms with Gasteiger partial charge in [0.1, 0.15) is 11.5 Å². The van der Waals surface area contributed by atoms with Crippen LogP contribution in [0.25, 0.3) is 11.6 Å². The smallest absolute Gasteiger partial charge is 0.274 e. The van der Waals surface area contributed by atoms with Crippen molar-refractivity contribution in [1.82, 2.24) is 4.68 Å². The van der Waals surface area contributed by atoms with E-state index in [9.17, 15) is 15.0 Å². The molecule has 0 radical (unpaired) electrons. The molecule has 2 heterocycles. The van der Waals surface area contributed by atoms with Crippen LogP contribution >= 0.6 is 23.6 Å². The zero-order valence-electron chi connectivity index (χ0n) is 15.1. The second-order valence-electron chi connectivity index (χ2n) is 6.09. The Morgan fingerprint density at radius 1 is 1.28 bits per heavy atom. The maximum Gasteiger partial charge on any atom is 0.274 e. The average Bonchev–Trinajstić information content (AvgIpc) is 3.23. The predicted octanol–water partition coefficient (Wildman–Crippen LogP) is 4.34. The van der Waals surface area contributed by atoms with Crippen LogP contribution in [0.4, 0.5) is 5.69 Å². The number of hydrogen-bond donors (Lipinski definition) is 3. The number of aromatic nitrogens is 1. The van der Waals surface area contributed by atoms with Crippen molar-refractivity contribution >= 4 is 53.0 Å². The van der Waals surface area contributed by atoms with Crippen LogP contribution in [0.5, 0.6) is 17.4 Å². The van der Waals surface area contributed by atoms with Gasteiger partial charge in [0.15, 0.2) is 3.95 Å². The maximum absolute atomic E-state index is 12.4. The number of amides is 1. The molecule has 146 valence electrons. The van der Waals surface area contributed by atoms with Crippen molar-refractivity contribution in [2.45, 2.75) is 0 Å². The number of nitrogens with zero attached hydrogens (tertiary/aromatic N) is 2. The van der Waals surface area contributed by atoms with Gasteiger partial charge in [-0.1, -0.05) is 23.5 Å². The number of aliphatic imine (C=N–C) groups is 1. The predicted molar refractivity (Wildman–Crippen MR) is 116 cm³/mol. The minimum Gasteiger partial charge on any atom is -0.507 e. The zero-order valence-corrected chi connectivity index (χ0v) is 16.8. The molecule has 4 rings (SSSR count). The third kappa shape index (κ3) is 3.53. The Labute approximate surface area is 174 Å². The number of phenolic OH excluding ortho intramolecular Hbond substituents is 1. The van der Waals surface area contributed by atoms with E-state index in [0.717, 1.165) is 32.8 Å². The standard InChI is InChI=1S/C20H15N3O4S2/c1-27-12-6-7-15-14(9-12)11(10-21-15)8-17-19(26)23(20(28)29-17)22-18(25)13-4-2-3-5-16(13)24/h2-10,24,26H,1H3,(H,22,25)/b11-8-. The van der Waals surface area contributed by atoms with E-state index in [1.165, 1.54) is 12.1 Å². The van der Waals surface area contributed by atoms with Crippen molar-refractivity contribution in [2.75, 3.05) is 12.5 Å². The number of fused-ring (bicyclic) bond motifs is 1. The van der Waals surface area contributed by atoms with Gasteiger partial charge in [-0.15, -0.1) is 0 Å². The van der Waals surface area contributed by atoms with Gasteiger partial charge in [0.25, 0.3) is 5.91 Å². The summed E-state index contributed by atoms with van der Waals surface area (Å²) in [5.41, 5.74) is 5.03. The fourth-order valence-corrected chi connectivity index (χ4v) is 4.03. The molecular formula is C20H15N3O4S2. The first-order chi connectivity index (χ1) is 14.0. The number of ether oxygens (including phenoxy) is 1. The van der Waals surface area contributed by atoms with E-state index >= 15 is 0 Å². The first kappa shape index (κ1) is 18.9. The van der Waals surface area contributed by atoms with Gasteiger partial charge in [-0.2, -0.15) is 4.68 Å². The molecule has 0 atom stereocenters. The number of carbonyl (C=O) groups excluding carboxylic acids is 1. The van der Waals surface area contributed by atoms with Crippen molar-refractivity contribution in [3.63, 3.8) is 0 Å². The highest BCUT2D eigenvalue weighted by atomic mass is 32.1. The van der Waals surface area contributed by atoms with Gasteiger partial charge in [0.2, 0.25) is 5.88 Å². The minimum atomic E-state index is -0.594. The third-order valence-corrected chi connectivity index (χ3v) is 5.63. The number of nitrogens with one attached hydrogen (secondary N) is 1. The Morgan fingerprint density at radius 3 is 2.83 bits per heavy atom. The summed E-state index contributed by atoms with van der Waals surface area (Å²) in [5.74, 6) is -0.268. The Kier molecular flexibility index (Phi) is 4.91. The van der Waals surface area contributed by atoms with E-state index in [0.29, 0.717) is 10.6 Å². The van der Waals surface area contributed by atoms with Crippen molar-refractivity contribution in [1.29, 1.82) is 0 Å². The lowest BCUT2D eigenvalue weighted by Crippen LogP contribution is -2.22. The number of carbonyl (C=O) groups is 1. The summed E-state index contributed by atoms with van der Waals surface area (Å²) in [6, 6.07) is 11.7. The van der Waals surface area contributed by atoms with E-state index in [1.54, 1.807) is 31.5 Å². The number of phenols is 1. The molecule has 7 nitrogen and oxygen atoms in total. The lowest BCUT2D eigenvalue weighted by Gasteiger charge is -2.08. The second-order valence-corrected chi connectivity index (χ2v) is 7.77. The largest absolute Gasteiger partial charge is 0.507 e. The summed E-state index contributed by atoms with van der Waals surface area (Å²) in [7, 11) is 1.59. The molecule has 3 aromatic rings. The van der Waals surface area contributed by atoms with Crippen LogP contribution in [0.15, 0.2) is 47.5 Å². The Hall–Kier alpha value is -3.43. The molecule has 0 saturated carbocycles. The number of hydrogen-bond acceptors (Lipinski definition) is 7. The fourth-order valence-electron chi connectivity index (χ4n) is 2.85. The number of rotatable bonds is 4. The van der Waals surface area contributed by atoms with Crippen LogP contribution in [-0.4, -0.2) is 34.1 Å². The molecule has 0 fully saturated rings. The molecule has 29 heavy (non-hydrogen) atoms. The molecule has 3 N–H and O–H groups in total. The summed E-state index contributed by atoms with van der Waals surface area (Å²) >= 11 is 6.42. The summed E-state index contributed by atoms with van der Waals surface area (Å²) in [6.45, 7) is 0. The molecule has 1 aliphatic rings. The highest BCUT2D eigenvalue weighted by Crippen LogP contribution is 2.37. The lowest BCUT2D eigenvalue weighted by molar-refractivity contribution is 0.100. The van der Waals surface area contributed by atoms with Crippen LogP contribution < -0.4 is 10.2 Å². The van der Waals surface area contributed by atoms with E-state index in [1.807, 2.05) is 18.2 Å². The number of aromatic hydroxyl groups is 2. The summed E-state index contributed by atoms with van der Waals surface area (Å²) in [5, 5.41) is 20.4. The molecule has 9 heteroatoms. The van der Waals surface area contributed by atoms with E-state index < -0.39 is 5.91 Å². The lowest BCUT2D eigenvalue weighted by atomic mass is 10.1. The number of methoxy groups -OCH3 is 1. The first-order valence-corrected chi connectivity index (χ1v) is 9.68. The van der Waals surface area contributed by atoms with Gasteiger partial charge < -0.3 is 14.9 Å². The number of benzene rings is 2. The quantitative estimate of drug-likeness (QED) is 0.541. The molecule has 0 aliphatic carbocycles. The zero-order chi connectivity index (χ0) is 20.5. The maximum atomic E-state index is 12.4. The Balaban J connectivity index is 1.67. The van der Waals surface area contributed by atoms with Crippen molar-refractivity contribution in [3.05, 3.63) is 62.4 Å². The number of allylic oxidation sites excluding steroid dienone is 1. The van der Waals surface area contributed by atoms with E-state index in [-0.39, 0.29) is 21.1 Å². The van der Waals surface area contributed by atoms with Crippen molar-refractivity contribution in [3.8, 4) is 17.4 Å². The molecule has 0 unspecified atom stereocenters. The highest BCUT2D eigenvalue weighted by Gasteiger charge is 2.18. The molecule has 2 aromatic carbocycles. The van der Waals surface area contributed by atoms with Gasteiger partial charge in [0, 0.05) is 17.4 Å². The minimum absolute atomic E-state index is 0.0730. The summed E-state index contributed by atoms with van der Waals surface area (Å²) < 4.78 is 6.62. The van der Waals surface area contributed by atoms with E-state index in [4.69, 9.17) is 17.0 Å². The van der Waals surface area contributed by atoms with Crippen LogP contribution in [-0.2, 0) is 0 Å². The molecule has 1 aromatic heterocycles. The third-order valence-electron chi connectivity index (χ3n) is 4.32. The van der Waals surface area contributed by atoms with Gasteiger partial charge in [-0.25, -0.2) is 0 Å². The second kappa shape index (κ2) is 7.53. The fraction of sp³-hybridized carbons (Fsp3) is 0.0500. The van der Waals surface area contributed by atoms with Gasteiger partial charge in [-0.3, -0.25) is 15.2 Å². The van der Waals surface area contributed by atoms with Crippen molar-refractivity contribution < 1.29 is 19.7 Å². The van der Waals surface area contributed by atoms with Gasteiger partial charge in [-0.05, 0) is 48.6 Å². The molecule has 0 bridgehead atoms. The van der Waals surface area contributed by atoms with Crippen LogP contribution in [0.2, 0.25) is 0 Å². The topological polar surface area (TPSA) is 96.1 Å². The van der Waals surface area contributed by atoms with Crippen LogP contribution in [0, 0.1) is 3.95 Å². The van der Waals surface area contributed by atoms with Crippen LogP contribution in [0.3, 0.4) is 0 Å². The summed E-state index contributed by atoms with van der Waals surface area (Å²) in [4.78, 5) is 17.2. The van der Waals surface area contributed by atoms with Gasteiger partial charge >= 0.3 is 0 Å². The average molecular weight is 425 g/mol. The molecule has 0 spiro atoms. The Morgan fingerprint density at radius 2 is 2.07 bits per heavy atom. The van der Waals surface area contributed by atoms with Crippen LogP contribution in [0.1, 0.15) is 20.8 Å². The summed E-state index contributed by atoms with van der Waals surface area (Å²) in [6.07, 6.45) is 3.43. The molecule has 1 amide bonds.